The smallest absolute Gasteiger partial charge is 0.163 e. The minimum absolute atomic E-state index is 0.215. The molecule has 0 saturated heterocycles. The van der Waals surface area contributed by atoms with Gasteiger partial charge < -0.3 is 0 Å². The maximum absolute atomic E-state index is 11.0. The maximum atomic E-state index is 11.0. The SMILES string of the molecule is CC(=O)C(C(C)=O)=C(C)C(C)Cl. The quantitative estimate of drug-likeness (QED) is 0.294. The molecule has 1 unspecified atom stereocenters. The molecule has 0 saturated carbocycles. The van der Waals surface area contributed by atoms with Crippen molar-refractivity contribution in [3.63, 3.8) is 0 Å². The molecule has 3 heteroatoms. The number of allylic oxidation sites excluding steroid dienone is 2. The molecule has 0 aromatic carbocycles. The lowest BCUT2D eigenvalue weighted by atomic mass is 10.0. The molecule has 68 valence electrons. The summed E-state index contributed by atoms with van der Waals surface area (Å²) in [7, 11) is 0. The average molecular weight is 189 g/mol. The molecular weight excluding hydrogens is 176 g/mol. The van der Waals surface area contributed by atoms with Crippen LogP contribution in [0.1, 0.15) is 27.7 Å². The normalized spacial score (nSPS) is 12.1. The van der Waals surface area contributed by atoms with Crippen molar-refractivity contribution in [3.8, 4) is 0 Å². The second kappa shape index (κ2) is 4.41. The van der Waals surface area contributed by atoms with Crippen molar-refractivity contribution in [2.75, 3.05) is 0 Å². The molecule has 0 spiro atoms. The number of carbonyl (C=O) groups excluding carboxylic acids is 2. The zero-order valence-electron chi connectivity index (χ0n) is 7.77. The van der Waals surface area contributed by atoms with E-state index in [-0.39, 0.29) is 22.5 Å². The molecule has 0 aromatic heterocycles. The molecule has 0 heterocycles. The van der Waals surface area contributed by atoms with Crippen molar-refractivity contribution >= 4 is 23.2 Å². The standard InChI is InChI=1S/C9H13ClO2/c1-5(6(2)10)9(7(3)11)8(4)12/h6H,1-4H3. The van der Waals surface area contributed by atoms with Gasteiger partial charge in [-0.1, -0.05) is 0 Å². The molecule has 2 nitrogen and oxygen atoms in total. The van der Waals surface area contributed by atoms with Crippen LogP contribution in [0.5, 0.6) is 0 Å². The van der Waals surface area contributed by atoms with Gasteiger partial charge in [0, 0.05) is 0 Å². The van der Waals surface area contributed by atoms with Crippen LogP contribution >= 0.6 is 11.6 Å². The highest BCUT2D eigenvalue weighted by Crippen LogP contribution is 2.15. The van der Waals surface area contributed by atoms with Gasteiger partial charge >= 0.3 is 0 Å². The van der Waals surface area contributed by atoms with Crippen molar-refractivity contribution in [3.05, 3.63) is 11.1 Å². The second-order valence-electron chi connectivity index (χ2n) is 2.79. The third-order valence-electron chi connectivity index (χ3n) is 1.70. The molecule has 0 amide bonds. The molecule has 0 N–H and O–H groups in total. The lowest BCUT2D eigenvalue weighted by Crippen LogP contribution is -2.12. The van der Waals surface area contributed by atoms with Crippen molar-refractivity contribution < 1.29 is 9.59 Å². The molecule has 1 atom stereocenters. The Morgan fingerprint density at radius 3 is 1.50 bits per heavy atom. The van der Waals surface area contributed by atoms with Gasteiger partial charge in [0.15, 0.2) is 11.6 Å². The summed E-state index contributed by atoms with van der Waals surface area (Å²) in [6, 6.07) is 0. The number of rotatable bonds is 3. The van der Waals surface area contributed by atoms with Crippen LogP contribution in [0.4, 0.5) is 0 Å². The molecular formula is C9H13ClO2. The lowest BCUT2D eigenvalue weighted by Gasteiger charge is -2.07. The zero-order chi connectivity index (χ0) is 9.89. The van der Waals surface area contributed by atoms with E-state index in [1.165, 1.54) is 13.8 Å². The van der Waals surface area contributed by atoms with Crippen LogP contribution in [-0.2, 0) is 9.59 Å². The monoisotopic (exact) mass is 188 g/mol. The second-order valence-corrected chi connectivity index (χ2v) is 3.44. The van der Waals surface area contributed by atoms with E-state index in [0.717, 1.165) is 0 Å². The largest absolute Gasteiger partial charge is 0.294 e. The van der Waals surface area contributed by atoms with Crippen molar-refractivity contribution in [1.82, 2.24) is 0 Å². The zero-order valence-corrected chi connectivity index (χ0v) is 8.53. The van der Waals surface area contributed by atoms with Gasteiger partial charge in [-0.05, 0) is 33.3 Å². The van der Waals surface area contributed by atoms with Crippen LogP contribution in [0.25, 0.3) is 0 Å². The minimum Gasteiger partial charge on any atom is -0.294 e. The van der Waals surface area contributed by atoms with Gasteiger partial charge in [-0.25, -0.2) is 0 Å². The Hall–Kier alpha value is -0.630. The van der Waals surface area contributed by atoms with Crippen LogP contribution < -0.4 is 0 Å². The number of hydrogen-bond acceptors (Lipinski definition) is 2. The predicted molar refractivity (Wildman–Crippen MR) is 49.4 cm³/mol. The Labute approximate surface area is 77.6 Å². The Morgan fingerprint density at radius 2 is 1.42 bits per heavy atom. The number of carbonyl (C=O) groups is 2. The molecule has 0 radical (unpaired) electrons. The van der Waals surface area contributed by atoms with E-state index >= 15 is 0 Å². The summed E-state index contributed by atoms with van der Waals surface area (Å²) in [6.45, 7) is 6.19. The van der Waals surface area contributed by atoms with Crippen LogP contribution in [0, 0.1) is 0 Å². The van der Waals surface area contributed by atoms with Gasteiger partial charge in [0.05, 0.1) is 11.0 Å². The summed E-state index contributed by atoms with van der Waals surface area (Å²) in [5, 5.41) is -0.271. The van der Waals surface area contributed by atoms with E-state index in [2.05, 4.69) is 0 Å². The molecule has 0 bridgehead atoms. The van der Waals surface area contributed by atoms with E-state index < -0.39 is 0 Å². The summed E-state index contributed by atoms with van der Waals surface area (Å²) in [5.41, 5.74) is 0.883. The number of Topliss-reactive ketones (excluding diaryl/α,β-unsaturated/α-hetero) is 2. The van der Waals surface area contributed by atoms with Gasteiger partial charge in [-0.3, -0.25) is 9.59 Å². The molecule has 0 aliphatic heterocycles. The van der Waals surface area contributed by atoms with E-state index in [9.17, 15) is 9.59 Å². The Balaban J connectivity index is 5.08. The number of alkyl halides is 1. The molecule has 0 aromatic rings. The summed E-state index contributed by atoms with van der Waals surface area (Å²) in [5.74, 6) is -0.431. The molecule has 0 fully saturated rings. The summed E-state index contributed by atoms with van der Waals surface area (Å²) >= 11 is 5.75. The Morgan fingerprint density at radius 1 is 1.08 bits per heavy atom. The molecule has 0 aliphatic carbocycles. The Kier molecular flexibility index (Phi) is 4.18. The first kappa shape index (κ1) is 11.4. The fraction of sp³-hybridized carbons (Fsp3) is 0.556. The van der Waals surface area contributed by atoms with Gasteiger partial charge in [-0.2, -0.15) is 0 Å². The number of hydrogen-bond donors (Lipinski definition) is 0. The fourth-order valence-electron chi connectivity index (χ4n) is 1.00. The molecule has 0 rings (SSSR count). The predicted octanol–water partition coefficient (Wildman–Crippen LogP) is 2.11. The maximum Gasteiger partial charge on any atom is 0.163 e. The van der Waals surface area contributed by atoms with Crippen molar-refractivity contribution in [2.45, 2.75) is 33.1 Å². The van der Waals surface area contributed by atoms with Crippen molar-refractivity contribution in [2.24, 2.45) is 0 Å². The highest BCUT2D eigenvalue weighted by molar-refractivity contribution is 6.25. The summed E-state index contributed by atoms with van der Waals surface area (Å²) in [4.78, 5) is 22.0. The third-order valence-corrected chi connectivity index (χ3v) is 2.02. The highest BCUT2D eigenvalue weighted by Gasteiger charge is 2.15. The van der Waals surface area contributed by atoms with E-state index in [0.29, 0.717) is 5.57 Å². The molecule has 12 heavy (non-hydrogen) atoms. The van der Waals surface area contributed by atoms with Crippen molar-refractivity contribution in [1.29, 1.82) is 0 Å². The topological polar surface area (TPSA) is 34.1 Å². The van der Waals surface area contributed by atoms with Gasteiger partial charge in [0.2, 0.25) is 0 Å². The molecule has 0 aliphatic rings. The third kappa shape index (κ3) is 2.78. The summed E-state index contributed by atoms with van der Waals surface area (Å²) in [6.07, 6.45) is 0. The van der Waals surface area contributed by atoms with Crippen LogP contribution in [-0.4, -0.2) is 16.9 Å². The first-order chi connectivity index (χ1) is 5.37. The minimum atomic E-state index is -0.271. The van der Waals surface area contributed by atoms with Crippen LogP contribution in [0.15, 0.2) is 11.1 Å². The lowest BCUT2D eigenvalue weighted by molar-refractivity contribution is -0.119. The van der Waals surface area contributed by atoms with E-state index in [1.54, 1.807) is 13.8 Å². The fourth-order valence-corrected chi connectivity index (χ4v) is 1.11. The van der Waals surface area contributed by atoms with Crippen LogP contribution in [0.2, 0.25) is 0 Å². The Bertz CT molecular complexity index is 223. The number of ketones is 2. The first-order valence-corrected chi connectivity index (χ1v) is 4.18. The first-order valence-electron chi connectivity index (χ1n) is 3.74. The highest BCUT2D eigenvalue weighted by atomic mass is 35.5. The van der Waals surface area contributed by atoms with E-state index in [4.69, 9.17) is 11.6 Å². The van der Waals surface area contributed by atoms with Crippen LogP contribution in [0.3, 0.4) is 0 Å². The average Bonchev–Trinajstić information content (AvgIpc) is 1.85. The van der Waals surface area contributed by atoms with Gasteiger partial charge in [0.25, 0.3) is 0 Å². The summed E-state index contributed by atoms with van der Waals surface area (Å²) < 4.78 is 0. The number of halogens is 1. The van der Waals surface area contributed by atoms with E-state index in [1.807, 2.05) is 0 Å². The van der Waals surface area contributed by atoms with Gasteiger partial charge in [0.1, 0.15) is 0 Å². The van der Waals surface area contributed by atoms with Gasteiger partial charge in [-0.15, -0.1) is 11.6 Å².